The molecule has 0 atom stereocenters. The molecule has 1 aromatic carbocycles. The first kappa shape index (κ1) is 15.0. The molecule has 1 aromatic heterocycles. The van der Waals surface area contributed by atoms with Crippen LogP contribution in [0, 0.1) is 6.92 Å². The quantitative estimate of drug-likeness (QED) is 0.868. The minimum Gasteiger partial charge on any atom is -0.379 e. The summed E-state index contributed by atoms with van der Waals surface area (Å²) in [6.07, 6.45) is 0.346. The van der Waals surface area contributed by atoms with Gasteiger partial charge in [-0.15, -0.1) is 11.3 Å². The minimum atomic E-state index is -0.0115. The maximum absolute atomic E-state index is 11.3. The van der Waals surface area contributed by atoms with Crippen molar-refractivity contribution in [3.05, 3.63) is 44.3 Å². The van der Waals surface area contributed by atoms with Crippen LogP contribution in [0.4, 0.5) is 5.69 Å². The fourth-order valence-corrected chi connectivity index (χ4v) is 3.02. The number of aryl methyl sites for hydroxylation is 1. The Kier molecular flexibility index (Phi) is 5.14. The minimum absolute atomic E-state index is 0.0115. The molecule has 106 valence electrons. The molecule has 0 fully saturated rings. The van der Waals surface area contributed by atoms with Gasteiger partial charge in [0.2, 0.25) is 5.91 Å². The van der Waals surface area contributed by atoms with Gasteiger partial charge in [0.25, 0.3) is 0 Å². The van der Waals surface area contributed by atoms with Crippen LogP contribution in [0.25, 0.3) is 0 Å². The summed E-state index contributed by atoms with van der Waals surface area (Å²) < 4.78 is 1.07. The second-order valence-corrected chi connectivity index (χ2v) is 6.25. The molecule has 2 aromatic rings. The van der Waals surface area contributed by atoms with Crippen LogP contribution in [0.1, 0.15) is 16.3 Å². The average molecular weight is 354 g/mol. The maximum Gasteiger partial charge on any atom is 0.226 e. The Hall–Kier alpha value is -1.40. The Morgan fingerprint density at radius 2 is 2.25 bits per heavy atom. The number of hydrogen-bond acceptors (Lipinski definition) is 4. The highest BCUT2D eigenvalue weighted by molar-refractivity contribution is 9.10. The lowest BCUT2D eigenvalue weighted by atomic mass is 10.2. The molecule has 0 radical (unpaired) electrons. The van der Waals surface area contributed by atoms with Crippen molar-refractivity contribution in [2.45, 2.75) is 19.9 Å². The van der Waals surface area contributed by atoms with Crippen LogP contribution in [-0.4, -0.2) is 17.9 Å². The Labute approximate surface area is 130 Å². The molecular weight excluding hydrogens is 338 g/mol. The molecule has 0 aliphatic rings. The number of aromatic nitrogens is 1. The molecule has 0 unspecified atom stereocenters. The molecular formula is C14H16BrN3OS. The van der Waals surface area contributed by atoms with Crippen LogP contribution < -0.4 is 10.6 Å². The summed E-state index contributed by atoms with van der Waals surface area (Å²) in [6.45, 7) is 2.72. The summed E-state index contributed by atoms with van der Waals surface area (Å²) in [5.41, 5.74) is 3.23. The standard InChI is InChI=1S/C14H16BrN3OS/c1-9-5-10(15)3-4-12(9)17-7-11-8-20-14(18-11)6-13(19)16-2/h3-5,8,17H,6-7H2,1-2H3,(H,16,19). The smallest absolute Gasteiger partial charge is 0.226 e. The third-order valence-corrected chi connectivity index (χ3v) is 4.23. The van der Waals surface area contributed by atoms with Gasteiger partial charge >= 0.3 is 0 Å². The molecule has 0 aliphatic heterocycles. The van der Waals surface area contributed by atoms with Crippen LogP contribution in [-0.2, 0) is 17.8 Å². The van der Waals surface area contributed by atoms with E-state index < -0.39 is 0 Å². The van der Waals surface area contributed by atoms with Crippen molar-refractivity contribution >= 4 is 38.9 Å². The Balaban J connectivity index is 1.95. The molecule has 6 heteroatoms. The zero-order valence-corrected chi connectivity index (χ0v) is 13.8. The number of nitrogens with one attached hydrogen (secondary N) is 2. The molecule has 0 saturated carbocycles. The van der Waals surface area contributed by atoms with Gasteiger partial charge in [-0.2, -0.15) is 0 Å². The van der Waals surface area contributed by atoms with Gasteiger partial charge in [0.05, 0.1) is 18.7 Å². The molecule has 0 spiro atoms. The van der Waals surface area contributed by atoms with E-state index >= 15 is 0 Å². The highest BCUT2D eigenvalue weighted by atomic mass is 79.9. The van der Waals surface area contributed by atoms with E-state index in [0.29, 0.717) is 13.0 Å². The van der Waals surface area contributed by atoms with Crippen LogP contribution in [0.15, 0.2) is 28.1 Å². The highest BCUT2D eigenvalue weighted by Gasteiger charge is 2.07. The van der Waals surface area contributed by atoms with Crippen molar-refractivity contribution in [1.82, 2.24) is 10.3 Å². The number of carbonyl (C=O) groups is 1. The van der Waals surface area contributed by atoms with E-state index in [2.05, 4.69) is 44.5 Å². The van der Waals surface area contributed by atoms with Crippen molar-refractivity contribution < 1.29 is 4.79 Å². The summed E-state index contributed by atoms with van der Waals surface area (Å²) in [7, 11) is 1.63. The van der Waals surface area contributed by atoms with Crippen LogP contribution in [0.2, 0.25) is 0 Å². The lowest BCUT2D eigenvalue weighted by Gasteiger charge is -2.08. The molecule has 0 aliphatic carbocycles. The monoisotopic (exact) mass is 353 g/mol. The second kappa shape index (κ2) is 6.85. The largest absolute Gasteiger partial charge is 0.379 e. The van der Waals surface area contributed by atoms with Gasteiger partial charge in [0.1, 0.15) is 5.01 Å². The zero-order valence-electron chi connectivity index (χ0n) is 11.4. The van der Waals surface area contributed by atoms with E-state index in [1.165, 1.54) is 16.9 Å². The Bertz CT molecular complexity index is 612. The summed E-state index contributed by atoms with van der Waals surface area (Å²) in [4.78, 5) is 15.7. The van der Waals surface area contributed by atoms with Crippen LogP contribution >= 0.6 is 27.3 Å². The number of halogens is 1. The molecule has 1 heterocycles. The fraction of sp³-hybridized carbons (Fsp3) is 0.286. The van der Waals surface area contributed by atoms with Crippen molar-refractivity contribution in [3.8, 4) is 0 Å². The summed E-state index contributed by atoms with van der Waals surface area (Å²) in [5.74, 6) is -0.0115. The van der Waals surface area contributed by atoms with Gasteiger partial charge in [-0.05, 0) is 30.7 Å². The molecule has 0 saturated heterocycles. The number of thiazole rings is 1. The molecule has 0 bridgehead atoms. The van der Waals surface area contributed by atoms with E-state index in [4.69, 9.17) is 0 Å². The predicted molar refractivity (Wildman–Crippen MR) is 86.1 cm³/mol. The van der Waals surface area contributed by atoms with Gasteiger partial charge in [-0.1, -0.05) is 15.9 Å². The second-order valence-electron chi connectivity index (χ2n) is 4.40. The molecule has 4 nitrogen and oxygen atoms in total. The van der Waals surface area contributed by atoms with Crippen LogP contribution in [0.5, 0.6) is 0 Å². The molecule has 2 N–H and O–H groups in total. The van der Waals surface area contributed by atoms with E-state index in [1.54, 1.807) is 7.05 Å². The third-order valence-electron chi connectivity index (χ3n) is 2.84. The lowest BCUT2D eigenvalue weighted by molar-refractivity contribution is -0.119. The zero-order chi connectivity index (χ0) is 14.5. The van der Waals surface area contributed by atoms with Gasteiger partial charge in [-0.3, -0.25) is 4.79 Å². The maximum atomic E-state index is 11.3. The highest BCUT2D eigenvalue weighted by Crippen LogP contribution is 2.21. The summed E-state index contributed by atoms with van der Waals surface area (Å²) >= 11 is 4.96. The first-order chi connectivity index (χ1) is 9.58. The number of carbonyl (C=O) groups excluding carboxylic acids is 1. The summed E-state index contributed by atoms with van der Waals surface area (Å²) in [5, 5.41) is 8.79. The van der Waals surface area contributed by atoms with Crippen molar-refractivity contribution in [1.29, 1.82) is 0 Å². The van der Waals surface area contributed by atoms with E-state index in [1.807, 2.05) is 17.5 Å². The predicted octanol–water partition coefficient (Wildman–Crippen LogP) is 3.11. The van der Waals surface area contributed by atoms with Crippen LogP contribution in [0.3, 0.4) is 0 Å². The first-order valence-corrected chi connectivity index (χ1v) is 7.89. The van der Waals surface area contributed by atoms with E-state index in [0.717, 1.165) is 20.9 Å². The van der Waals surface area contributed by atoms with Crippen molar-refractivity contribution in [2.75, 3.05) is 12.4 Å². The fourth-order valence-electron chi connectivity index (χ4n) is 1.75. The van der Waals surface area contributed by atoms with Gasteiger partial charge in [-0.25, -0.2) is 4.98 Å². The average Bonchev–Trinajstić information content (AvgIpc) is 2.85. The SMILES string of the molecule is CNC(=O)Cc1nc(CNc2ccc(Br)cc2C)cs1. The Morgan fingerprint density at radius 3 is 2.95 bits per heavy atom. The Morgan fingerprint density at radius 1 is 1.45 bits per heavy atom. The van der Waals surface area contributed by atoms with Crippen molar-refractivity contribution in [3.63, 3.8) is 0 Å². The summed E-state index contributed by atoms with van der Waals surface area (Å²) in [6, 6.07) is 6.12. The number of likely N-dealkylation sites (N-methyl/N-ethyl adjacent to an activating group) is 1. The van der Waals surface area contributed by atoms with Gasteiger partial charge in [0, 0.05) is 22.6 Å². The van der Waals surface area contributed by atoms with E-state index in [9.17, 15) is 4.79 Å². The number of benzene rings is 1. The topological polar surface area (TPSA) is 54.0 Å². The lowest BCUT2D eigenvalue weighted by Crippen LogP contribution is -2.19. The number of hydrogen-bond donors (Lipinski definition) is 2. The normalized spacial score (nSPS) is 10.3. The number of amides is 1. The van der Waals surface area contributed by atoms with Crippen molar-refractivity contribution in [2.24, 2.45) is 0 Å². The van der Waals surface area contributed by atoms with Gasteiger partial charge in [0.15, 0.2) is 0 Å². The molecule has 2 rings (SSSR count). The number of rotatable bonds is 5. The van der Waals surface area contributed by atoms with Gasteiger partial charge < -0.3 is 10.6 Å². The molecule has 1 amide bonds. The van der Waals surface area contributed by atoms with E-state index in [-0.39, 0.29) is 5.91 Å². The first-order valence-electron chi connectivity index (χ1n) is 6.22. The third kappa shape index (κ3) is 4.05. The number of nitrogens with zero attached hydrogens (tertiary/aromatic N) is 1. The number of anilines is 1. The molecule has 20 heavy (non-hydrogen) atoms.